The van der Waals surface area contributed by atoms with E-state index in [4.69, 9.17) is 9.47 Å². The Bertz CT molecular complexity index is 398. The number of ether oxygens (including phenoxy) is 2. The molecule has 1 aromatic rings. The molecule has 0 bridgehead atoms. The Morgan fingerprint density at radius 1 is 1.39 bits per heavy atom. The Morgan fingerprint density at radius 2 is 2.11 bits per heavy atom. The molecule has 1 fully saturated rings. The summed E-state index contributed by atoms with van der Waals surface area (Å²) in [4.78, 5) is 0. The number of rotatable bonds is 6. The third kappa shape index (κ3) is 2.85. The zero-order valence-electron chi connectivity index (χ0n) is 11.3. The smallest absolute Gasteiger partial charge is 0.120 e. The molecule has 0 aliphatic heterocycles. The third-order valence-corrected chi connectivity index (χ3v) is 3.48. The summed E-state index contributed by atoms with van der Waals surface area (Å²) >= 11 is 0. The molecule has 0 aromatic heterocycles. The maximum atomic E-state index is 10.8. The molecule has 18 heavy (non-hydrogen) atoms. The van der Waals surface area contributed by atoms with Gasteiger partial charge in [0.05, 0.1) is 12.7 Å². The van der Waals surface area contributed by atoms with Crippen LogP contribution >= 0.6 is 0 Å². The first-order valence-electron chi connectivity index (χ1n) is 6.55. The Morgan fingerprint density at radius 3 is 2.67 bits per heavy atom. The first-order chi connectivity index (χ1) is 8.56. The highest BCUT2D eigenvalue weighted by Crippen LogP contribution is 2.33. The van der Waals surface area contributed by atoms with Crippen molar-refractivity contribution in [1.82, 2.24) is 0 Å². The van der Waals surface area contributed by atoms with Crippen LogP contribution in [-0.2, 0) is 10.3 Å². The van der Waals surface area contributed by atoms with Gasteiger partial charge in [0.1, 0.15) is 11.4 Å². The second kappa shape index (κ2) is 5.29. The van der Waals surface area contributed by atoms with Gasteiger partial charge < -0.3 is 14.6 Å². The van der Waals surface area contributed by atoms with Crippen LogP contribution in [0.1, 0.15) is 32.3 Å². The van der Waals surface area contributed by atoms with E-state index >= 15 is 0 Å². The lowest BCUT2D eigenvalue weighted by Gasteiger charge is -2.32. The maximum absolute atomic E-state index is 10.8. The lowest BCUT2D eigenvalue weighted by molar-refractivity contribution is -0.0701. The average molecular weight is 250 g/mol. The molecule has 1 saturated carbocycles. The van der Waals surface area contributed by atoms with Crippen LogP contribution in [0.4, 0.5) is 0 Å². The number of methoxy groups -OCH3 is 1. The number of benzene rings is 1. The molecule has 1 unspecified atom stereocenters. The van der Waals surface area contributed by atoms with E-state index in [9.17, 15) is 5.11 Å². The lowest BCUT2D eigenvalue weighted by atomic mass is 9.84. The summed E-state index contributed by atoms with van der Waals surface area (Å²) < 4.78 is 10.9. The highest BCUT2D eigenvalue weighted by molar-refractivity contribution is 5.33. The SMILES string of the molecule is COCC(O)(c1cccc(OC2CC2)c1)C(C)C. The molecule has 0 radical (unpaired) electrons. The van der Waals surface area contributed by atoms with Gasteiger partial charge in [-0.25, -0.2) is 0 Å². The van der Waals surface area contributed by atoms with E-state index in [0.29, 0.717) is 6.10 Å². The van der Waals surface area contributed by atoms with Crippen molar-refractivity contribution in [3.63, 3.8) is 0 Å². The zero-order valence-corrected chi connectivity index (χ0v) is 11.3. The van der Waals surface area contributed by atoms with E-state index in [-0.39, 0.29) is 12.5 Å². The predicted octanol–water partition coefficient (Wildman–Crippen LogP) is 2.72. The first kappa shape index (κ1) is 13.4. The van der Waals surface area contributed by atoms with Gasteiger partial charge in [-0.05, 0) is 36.5 Å². The van der Waals surface area contributed by atoms with Crippen molar-refractivity contribution in [2.45, 2.75) is 38.4 Å². The van der Waals surface area contributed by atoms with Gasteiger partial charge in [0.15, 0.2) is 0 Å². The van der Waals surface area contributed by atoms with Crippen LogP contribution in [0.2, 0.25) is 0 Å². The second-order valence-corrected chi connectivity index (χ2v) is 5.36. The molecule has 1 atom stereocenters. The first-order valence-corrected chi connectivity index (χ1v) is 6.55. The molecule has 3 nitrogen and oxygen atoms in total. The molecule has 1 aliphatic carbocycles. The Labute approximate surface area is 109 Å². The number of hydrogen-bond acceptors (Lipinski definition) is 3. The quantitative estimate of drug-likeness (QED) is 0.843. The maximum Gasteiger partial charge on any atom is 0.120 e. The average Bonchev–Trinajstić information content (AvgIpc) is 3.13. The molecule has 0 saturated heterocycles. The zero-order chi connectivity index (χ0) is 13.2. The number of hydrogen-bond donors (Lipinski definition) is 1. The minimum Gasteiger partial charge on any atom is -0.490 e. The van der Waals surface area contributed by atoms with Crippen LogP contribution in [0.3, 0.4) is 0 Å². The topological polar surface area (TPSA) is 38.7 Å². The van der Waals surface area contributed by atoms with Gasteiger partial charge in [-0.1, -0.05) is 26.0 Å². The fourth-order valence-corrected chi connectivity index (χ4v) is 2.02. The minimum atomic E-state index is -0.961. The predicted molar refractivity (Wildman–Crippen MR) is 70.7 cm³/mol. The highest BCUT2D eigenvalue weighted by Gasteiger charge is 2.34. The third-order valence-electron chi connectivity index (χ3n) is 3.48. The van der Waals surface area contributed by atoms with Crippen molar-refractivity contribution >= 4 is 0 Å². The van der Waals surface area contributed by atoms with Crippen molar-refractivity contribution in [2.24, 2.45) is 5.92 Å². The van der Waals surface area contributed by atoms with E-state index in [0.717, 1.165) is 24.2 Å². The lowest BCUT2D eigenvalue weighted by Crippen LogP contribution is -2.36. The summed E-state index contributed by atoms with van der Waals surface area (Å²) in [5.74, 6) is 0.916. The van der Waals surface area contributed by atoms with Crippen molar-refractivity contribution in [2.75, 3.05) is 13.7 Å². The summed E-state index contributed by atoms with van der Waals surface area (Å²) in [6.45, 7) is 4.28. The molecule has 2 rings (SSSR count). The fourth-order valence-electron chi connectivity index (χ4n) is 2.02. The standard InChI is InChI=1S/C15H22O3/c1-11(2)15(16,10-17-3)12-5-4-6-14(9-12)18-13-7-8-13/h4-6,9,11,13,16H,7-8,10H2,1-3H3. The fraction of sp³-hybridized carbons (Fsp3) is 0.600. The van der Waals surface area contributed by atoms with Gasteiger partial charge in [0.2, 0.25) is 0 Å². The molecule has 0 spiro atoms. The van der Waals surface area contributed by atoms with Crippen molar-refractivity contribution in [1.29, 1.82) is 0 Å². The molecule has 0 amide bonds. The van der Waals surface area contributed by atoms with Crippen LogP contribution in [0.5, 0.6) is 5.75 Å². The molecular formula is C15H22O3. The van der Waals surface area contributed by atoms with Gasteiger partial charge in [-0.3, -0.25) is 0 Å². The second-order valence-electron chi connectivity index (χ2n) is 5.36. The Hall–Kier alpha value is -1.06. The summed E-state index contributed by atoms with van der Waals surface area (Å²) in [6.07, 6.45) is 2.64. The molecule has 1 aliphatic rings. The van der Waals surface area contributed by atoms with Crippen molar-refractivity contribution < 1.29 is 14.6 Å². The Balaban J connectivity index is 2.23. The van der Waals surface area contributed by atoms with Gasteiger partial charge >= 0.3 is 0 Å². The largest absolute Gasteiger partial charge is 0.490 e. The summed E-state index contributed by atoms with van der Waals surface area (Å²) in [5.41, 5.74) is -0.102. The molecule has 3 heteroatoms. The highest BCUT2D eigenvalue weighted by atomic mass is 16.5. The summed E-state index contributed by atoms with van der Waals surface area (Å²) in [6, 6.07) is 7.72. The van der Waals surface area contributed by atoms with E-state index < -0.39 is 5.60 Å². The summed E-state index contributed by atoms with van der Waals surface area (Å²) in [5, 5.41) is 10.8. The van der Waals surface area contributed by atoms with Crippen LogP contribution in [0.15, 0.2) is 24.3 Å². The Kier molecular flexibility index (Phi) is 3.93. The van der Waals surface area contributed by atoms with E-state index in [1.807, 2.05) is 38.1 Å². The van der Waals surface area contributed by atoms with Crippen LogP contribution in [0.25, 0.3) is 0 Å². The minimum absolute atomic E-state index is 0.0774. The molecular weight excluding hydrogens is 228 g/mol. The van der Waals surface area contributed by atoms with Crippen LogP contribution in [0, 0.1) is 5.92 Å². The molecule has 100 valence electrons. The molecule has 0 heterocycles. The van der Waals surface area contributed by atoms with Gasteiger partial charge in [0.25, 0.3) is 0 Å². The van der Waals surface area contributed by atoms with Crippen LogP contribution in [-0.4, -0.2) is 24.9 Å². The summed E-state index contributed by atoms with van der Waals surface area (Å²) in [7, 11) is 1.61. The normalized spacial score (nSPS) is 18.7. The van der Waals surface area contributed by atoms with E-state index in [1.165, 1.54) is 0 Å². The molecule has 1 aromatic carbocycles. The van der Waals surface area contributed by atoms with Crippen molar-refractivity contribution in [3.05, 3.63) is 29.8 Å². The van der Waals surface area contributed by atoms with E-state index in [2.05, 4.69) is 0 Å². The monoisotopic (exact) mass is 250 g/mol. The van der Waals surface area contributed by atoms with Gasteiger partial charge in [-0.15, -0.1) is 0 Å². The van der Waals surface area contributed by atoms with Crippen molar-refractivity contribution in [3.8, 4) is 5.75 Å². The molecule has 1 N–H and O–H groups in total. The van der Waals surface area contributed by atoms with Gasteiger partial charge in [-0.2, -0.15) is 0 Å². The van der Waals surface area contributed by atoms with E-state index in [1.54, 1.807) is 7.11 Å². The van der Waals surface area contributed by atoms with Crippen LogP contribution < -0.4 is 4.74 Å². The van der Waals surface area contributed by atoms with Gasteiger partial charge in [0, 0.05) is 7.11 Å². The number of aliphatic hydroxyl groups is 1.